The van der Waals surface area contributed by atoms with Gasteiger partial charge in [0.25, 0.3) is 0 Å². The lowest BCUT2D eigenvalue weighted by Crippen LogP contribution is -2.47. The van der Waals surface area contributed by atoms with Crippen molar-refractivity contribution in [3.05, 3.63) is 35.4 Å². The average Bonchev–Trinajstić information content (AvgIpc) is 2.64. The number of rotatable bonds is 4. The highest BCUT2D eigenvalue weighted by molar-refractivity contribution is 5.83. The van der Waals surface area contributed by atoms with Crippen molar-refractivity contribution in [3.63, 3.8) is 0 Å². The van der Waals surface area contributed by atoms with Crippen molar-refractivity contribution in [2.45, 2.75) is 79.7 Å². The highest BCUT2D eigenvalue weighted by Gasteiger charge is 2.33. The van der Waals surface area contributed by atoms with Crippen LogP contribution in [0.5, 0.6) is 0 Å². The molecule has 0 bridgehead atoms. The fourth-order valence-electron chi connectivity index (χ4n) is 3.92. The van der Waals surface area contributed by atoms with Crippen LogP contribution in [0, 0.1) is 17.3 Å². The molecular weight excluding hydrogens is 360 g/mol. The molecule has 1 atom stereocenters. The van der Waals surface area contributed by atoms with Crippen molar-refractivity contribution in [2.24, 2.45) is 17.3 Å². The van der Waals surface area contributed by atoms with Gasteiger partial charge in [-0.1, -0.05) is 79.7 Å². The van der Waals surface area contributed by atoms with Crippen LogP contribution >= 0.6 is 0 Å². The maximum absolute atomic E-state index is 13.0. The first-order valence-corrected chi connectivity index (χ1v) is 11.0. The predicted molar refractivity (Wildman–Crippen MR) is 120 cm³/mol. The van der Waals surface area contributed by atoms with E-state index < -0.39 is 0 Å². The Kier molecular flexibility index (Phi) is 7.19. The lowest BCUT2D eigenvalue weighted by molar-refractivity contribution is -0.142. The van der Waals surface area contributed by atoms with Crippen LogP contribution in [0.1, 0.15) is 85.4 Å². The summed E-state index contributed by atoms with van der Waals surface area (Å²) in [6.45, 7) is 18.1. The maximum atomic E-state index is 13.0. The number of nitrogens with zero attached hydrogens (tertiary/aromatic N) is 1. The zero-order valence-corrected chi connectivity index (χ0v) is 19.6. The smallest absolute Gasteiger partial charge is 0.227 e. The van der Waals surface area contributed by atoms with Crippen molar-refractivity contribution < 1.29 is 9.59 Å². The van der Waals surface area contributed by atoms with E-state index in [9.17, 15) is 9.59 Å². The molecule has 1 aromatic carbocycles. The molecule has 29 heavy (non-hydrogen) atoms. The molecule has 1 N–H and O–H groups in total. The van der Waals surface area contributed by atoms with E-state index in [0.717, 1.165) is 18.4 Å². The van der Waals surface area contributed by atoms with Crippen LogP contribution in [-0.2, 0) is 15.0 Å². The number of amides is 2. The Morgan fingerprint density at radius 3 is 1.90 bits per heavy atom. The third-order valence-electron chi connectivity index (χ3n) is 5.89. The third kappa shape index (κ3) is 6.07. The molecule has 4 heteroatoms. The molecule has 0 aromatic heterocycles. The summed E-state index contributed by atoms with van der Waals surface area (Å²) in [7, 11) is 0. The van der Waals surface area contributed by atoms with Crippen molar-refractivity contribution >= 4 is 11.8 Å². The summed E-state index contributed by atoms with van der Waals surface area (Å²) in [5, 5.41) is 3.29. The molecule has 0 saturated carbocycles. The van der Waals surface area contributed by atoms with Crippen LogP contribution in [0.25, 0.3) is 0 Å². The van der Waals surface area contributed by atoms with Crippen LogP contribution < -0.4 is 5.32 Å². The zero-order chi connectivity index (χ0) is 22.0. The molecule has 1 aliphatic heterocycles. The van der Waals surface area contributed by atoms with E-state index in [-0.39, 0.29) is 34.6 Å². The highest BCUT2D eigenvalue weighted by atomic mass is 16.2. The van der Waals surface area contributed by atoms with Crippen LogP contribution in [0.4, 0.5) is 0 Å². The van der Waals surface area contributed by atoms with Crippen LogP contribution in [-0.4, -0.2) is 29.8 Å². The number of piperidine rings is 1. The zero-order valence-electron chi connectivity index (χ0n) is 19.6. The molecule has 2 amide bonds. The number of nitrogens with one attached hydrogen (secondary N) is 1. The second-order valence-corrected chi connectivity index (χ2v) is 10.9. The van der Waals surface area contributed by atoms with Gasteiger partial charge in [-0.25, -0.2) is 0 Å². The van der Waals surface area contributed by atoms with Gasteiger partial charge in [0.2, 0.25) is 11.8 Å². The minimum Gasteiger partial charge on any atom is -0.349 e. The molecule has 1 heterocycles. The fourth-order valence-corrected chi connectivity index (χ4v) is 3.92. The molecule has 0 radical (unpaired) electrons. The number of hydrogen-bond donors (Lipinski definition) is 1. The van der Waals surface area contributed by atoms with E-state index in [2.05, 4.69) is 64.2 Å². The van der Waals surface area contributed by atoms with Gasteiger partial charge in [0.15, 0.2) is 0 Å². The maximum Gasteiger partial charge on any atom is 0.227 e. The third-order valence-corrected chi connectivity index (χ3v) is 5.89. The van der Waals surface area contributed by atoms with E-state index in [0.29, 0.717) is 19.0 Å². The molecule has 1 unspecified atom stereocenters. The number of carbonyl (C=O) groups excluding carboxylic acids is 2. The minimum absolute atomic E-state index is 0.00533. The van der Waals surface area contributed by atoms with Gasteiger partial charge in [-0.15, -0.1) is 0 Å². The van der Waals surface area contributed by atoms with Gasteiger partial charge in [-0.3, -0.25) is 9.59 Å². The van der Waals surface area contributed by atoms with Gasteiger partial charge in [-0.2, -0.15) is 0 Å². The number of benzene rings is 1. The normalized spacial score (nSPS) is 17.3. The molecule has 1 aliphatic rings. The molecule has 1 fully saturated rings. The molecule has 1 aromatic rings. The first kappa shape index (κ1) is 23.4. The van der Waals surface area contributed by atoms with Gasteiger partial charge in [-0.05, 0) is 35.3 Å². The summed E-state index contributed by atoms with van der Waals surface area (Å²) < 4.78 is 0. The molecule has 1 saturated heterocycles. The van der Waals surface area contributed by atoms with Gasteiger partial charge >= 0.3 is 0 Å². The van der Waals surface area contributed by atoms with Crippen molar-refractivity contribution in [3.8, 4) is 0 Å². The Balaban J connectivity index is 2.01. The second kappa shape index (κ2) is 8.89. The van der Waals surface area contributed by atoms with Crippen molar-refractivity contribution in [1.82, 2.24) is 10.2 Å². The molecule has 0 spiro atoms. The van der Waals surface area contributed by atoms with E-state index in [1.54, 1.807) is 0 Å². The quantitative estimate of drug-likeness (QED) is 0.766. The number of hydrogen-bond acceptors (Lipinski definition) is 2. The Labute approximate surface area is 177 Å². The Morgan fingerprint density at radius 1 is 0.966 bits per heavy atom. The Hall–Kier alpha value is -1.84. The SMILES string of the molecule is CC(C)C(NC(=O)C1CCN(C(=O)C(C)(C)C)CC1)c1ccc(C(C)(C)C)cc1. The monoisotopic (exact) mass is 400 g/mol. The summed E-state index contributed by atoms with van der Waals surface area (Å²) in [4.78, 5) is 27.4. The number of likely N-dealkylation sites (tertiary alicyclic amines) is 1. The van der Waals surface area contributed by atoms with Crippen LogP contribution in [0.15, 0.2) is 24.3 Å². The molecule has 4 nitrogen and oxygen atoms in total. The van der Waals surface area contributed by atoms with Gasteiger partial charge in [0, 0.05) is 24.4 Å². The molecule has 2 rings (SSSR count). The summed E-state index contributed by atoms with van der Waals surface area (Å²) in [6, 6.07) is 8.65. The van der Waals surface area contributed by atoms with Crippen LogP contribution in [0.3, 0.4) is 0 Å². The average molecular weight is 401 g/mol. The van der Waals surface area contributed by atoms with Gasteiger partial charge in [0.05, 0.1) is 6.04 Å². The summed E-state index contributed by atoms with van der Waals surface area (Å²) in [6.07, 6.45) is 1.48. The lowest BCUT2D eigenvalue weighted by Gasteiger charge is -2.36. The fraction of sp³-hybridized carbons (Fsp3) is 0.680. The summed E-state index contributed by atoms with van der Waals surface area (Å²) in [5.74, 6) is 0.581. The summed E-state index contributed by atoms with van der Waals surface area (Å²) >= 11 is 0. The van der Waals surface area contributed by atoms with E-state index in [4.69, 9.17) is 0 Å². The Bertz CT molecular complexity index is 700. The molecule has 162 valence electrons. The number of carbonyl (C=O) groups is 2. The van der Waals surface area contributed by atoms with E-state index >= 15 is 0 Å². The molecular formula is C25H40N2O2. The topological polar surface area (TPSA) is 49.4 Å². The summed E-state index contributed by atoms with van der Waals surface area (Å²) in [5.41, 5.74) is 2.21. The first-order valence-electron chi connectivity index (χ1n) is 11.0. The predicted octanol–water partition coefficient (Wildman–Crippen LogP) is 5.08. The van der Waals surface area contributed by atoms with Crippen molar-refractivity contribution in [2.75, 3.05) is 13.1 Å². The highest BCUT2D eigenvalue weighted by Crippen LogP contribution is 2.28. The second-order valence-electron chi connectivity index (χ2n) is 10.9. The van der Waals surface area contributed by atoms with Crippen molar-refractivity contribution in [1.29, 1.82) is 0 Å². The van der Waals surface area contributed by atoms with Gasteiger partial charge in [0.1, 0.15) is 0 Å². The first-order chi connectivity index (χ1) is 13.3. The van der Waals surface area contributed by atoms with Crippen LogP contribution in [0.2, 0.25) is 0 Å². The van der Waals surface area contributed by atoms with Gasteiger partial charge < -0.3 is 10.2 Å². The molecule has 0 aliphatic carbocycles. The largest absolute Gasteiger partial charge is 0.349 e. The Morgan fingerprint density at radius 2 is 1.48 bits per heavy atom. The standard InChI is InChI=1S/C25H40N2O2/c1-17(2)21(18-9-11-20(12-10-18)24(3,4)5)26-22(28)19-13-15-27(16-14-19)23(29)25(6,7)8/h9-12,17,19,21H,13-16H2,1-8H3,(H,26,28). The minimum atomic E-state index is -0.364. The lowest BCUT2D eigenvalue weighted by atomic mass is 9.85. The van der Waals surface area contributed by atoms with E-state index in [1.807, 2.05) is 25.7 Å². The van der Waals surface area contributed by atoms with E-state index in [1.165, 1.54) is 5.56 Å².